The Kier molecular flexibility index (Phi) is 6.21. The van der Waals surface area contributed by atoms with Gasteiger partial charge in [-0.05, 0) is 25.3 Å². The second-order valence-corrected chi connectivity index (χ2v) is 12.1. The van der Waals surface area contributed by atoms with E-state index in [4.69, 9.17) is 0 Å². The molecule has 3 rings (SSSR count). The van der Waals surface area contributed by atoms with E-state index in [2.05, 4.69) is 32.9 Å². The summed E-state index contributed by atoms with van der Waals surface area (Å²) in [5.74, 6) is -0.267. The zero-order chi connectivity index (χ0) is 23.2. The van der Waals surface area contributed by atoms with Crippen molar-refractivity contribution in [3.05, 3.63) is 36.2 Å². The molecule has 0 amide bonds. The average molecular weight is 472 g/mol. The van der Waals surface area contributed by atoms with Crippen LogP contribution in [0.15, 0.2) is 30.6 Å². The second-order valence-electron chi connectivity index (χ2n) is 8.07. The molecule has 0 aliphatic heterocycles. The minimum atomic E-state index is -4.69. The van der Waals surface area contributed by atoms with Gasteiger partial charge in [-0.2, -0.15) is 13.2 Å². The predicted octanol–water partition coefficient (Wildman–Crippen LogP) is 4.58. The standard InChI is InChI=1S/C20H24F3N4O2PS/c1-11(2)19(31,10-28)27-18-25-9-14(20(21,22)23)16(26-18)13-8-24-17-12(13)6-5-7-15(17)30(3,4)29/h5-9,11,24,28,31H,10H2,1-4H3,(H,25,26,27)/t19-/m1/s1. The van der Waals surface area contributed by atoms with Gasteiger partial charge in [0.05, 0.1) is 17.8 Å². The highest BCUT2D eigenvalue weighted by Crippen LogP contribution is 2.42. The first-order chi connectivity index (χ1) is 14.3. The van der Waals surface area contributed by atoms with E-state index in [0.717, 1.165) is 0 Å². The van der Waals surface area contributed by atoms with Crippen LogP contribution in [0.25, 0.3) is 22.2 Å². The average Bonchev–Trinajstić information content (AvgIpc) is 3.10. The van der Waals surface area contributed by atoms with Crippen LogP contribution in [0, 0.1) is 5.92 Å². The number of benzene rings is 1. The Hall–Kier alpha value is -2.03. The summed E-state index contributed by atoms with van der Waals surface area (Å²) < 4.78 is 53.9. The number of hydrogen-bond acceptors (Lipinski definition) is 6. The number of alkyl halides is 3. The van der Waals surface area contributed by atoms with Crippen molar-refractivity contribution in [3.63, 3.8) is 0 Å². The number of nitrogens with one attached hydrogen (secondary N) is 2. The number of H-pyrrole nitrogens is 1. The monoisotopic (exact) mass is 472 g/mol. The van der Waals surface area contributed by atoms with E-state index in [0.29, 0.717) is 22.4 Å². The van der Waals surface area contributed by atoms with E-state index in [1.165, 1.54) is 6.20 Å². The first kappa shape index (κ1) is 23.6. The largest absolute Gasteiger partial charge is 0.419 e. The molecular weight excluding hydrogens is 448 g/mol. The van der Waals surface area contributed by atoms with E-state index in [9.17, 15) is 22.8 Å². The van der Waals surface area contributed by atoms with Gasteiger partial charge in [-0.3, -0.25) is 0 Å². The highest BCUT2D eigenvalue weighted by molar-refractivity contribution is 7.82. The minimum Gasteiger partial charge on any atom is -0.393 e. The van der Waals surface area contributed by atoms with Gasteiger partial charge in [0, 0.05) is 28.6 Å². The van der Waals surface area contributed by atoms with Crippen molar-refractivity contribution in [1.82, 2.24) is 15.0 Å². The minimum absolute atomic E-state index is 0.0945. The molecule has 0 bridgehead atoms. The van der Waals surface area contributed by atoms with Gasteiger partial charge in [-0.1, -0.05) is 26.0 Å². The molecule has 6 nitrogen and oxygen atoms in total. The van der Waals surface area contributed by atoms with Crippen molar-refractivity contribution < 1.29 is 22.8 Å². The van der Waals surface area contributed by atoms with Gasteiger partial charge in [0.1, 0.15) is 17.6 Å². The first-order valence-corrected chi connectivity index (χ1v) is 12.5. The number of aromatic amines is 1. The molecule has 168 valence electrons. The van der Waals surface area contributed by atoms with Gasteiger partial charge in [0.2, 0.25) is 5.95 Å². The smallest absolute Gasteiger partial charge is 0.393 e. The molecule has 0 radical (unpaired) electrons. The summed E-state index contributed by atoms with van der Waals surface area (Å²) in [6.45, 7) is 6.42. The van der Waals surface area contributed by atoms with Crippen LogP contribution in [0.5, 0.6) is 0 Å². The molecule has 11 heteroatoms. The summed E-state index contributed by atoms with van der Waals surface area (Å²) in [7, 11) is -2.68. The molecule has 0 unspecified atom stereocenters. The van der Waals surface area contributed by atoms with Crippen molar-refractivity contribution in [2.24, 2.45) is 5.92 Å². The maximum atomic E-state index is 13.8. The van der Waals surface area contributed by atoms with Gasteiger partial charge in [-0.15, -0.1) is 12.6 Å². The molecule has 31 heavy (non-hydrogen) atoms. The van der Waals surface area contributed by atoms with Crippen LogP contribution >= 0.6 is 19.8 Å². The van der Waals surface area contributed by atoms with Crippen LogP contribution in [0.1, 0.15) is 19.4 Å². The zero-order valence-electron chi connectivity index (χ0n) is 17.4. The lowest BCUT2D eigenvalue weighted by Crippen LogP contribution is -2.42. The van der Waals surface area contributed by atoms with Gasteiger partial charge in [0.25, 0.3) is 0 Å². The number of hydrogen-bond donors (Lipinski definition) is 4. The highest BCUT2D eigenvalue weighted by Gasteiger charge is 2.37. The lowest BCUT2D eigenvalue weighted by atomic mass is 10.0. The maximum absolute atomic E-state index is 13.8. The molecular formula is C20H24F3N4O2PS. The molecule has 2 heterocycles. The van der Waals surface area contributed by atoms with E-state index >= 15 is 0 Å². The number of anilines is 1. The number of thiol groups is 1. The fourth-order valence-corrected chi connectivity index (χ4v) is 4.47. The molecule has 3 N–H and O–H groups in total. The Morgan fingerprint density at radius 1 is 1.29 bits per heavy atom. The maximum Gasteiger partial charge on any atom is 0.419 e. The number of fused-ring (bicyclic) bond motifs is 1. The molecule has 2 aromatic heterocycles. The fraction of sp³-hybridized carbons (Fsp3) is 0.400. The fourth-order valence-electron chi connectivity index (χ4n) is 3.20. The third-order valence-electron chi connectivity index (χ3n) is 5.15. The molecule has 0 fully saturated rings. The summed E-state index contributed by atoms with van der Waals surface area (Å²) >= 11 is 4.42. The molecule has 3 aromatic rings. The lowest BCUT2D eigenvalue weighted by molar-refractivity contribution is -0.137. The Labute approximate surface area is 183 Å². The first-order valence-electron chi connectivity index (χ1n) is 9.49. The number of aliphatic hydroxyl groups is 1. The Bertz CT molecular complexity index is 1160. The van der Waals surface area contributed by atoms with Crippen LogP contribution in [0.3, 0.4) is 0 Å². The van der Waals surface area contributed by atoms with Crippen molar-refractivity contribution in [3.8, 4) is 11.3 Å². The van der Waals surface area contributed by atoms with Crippen LogP contribution < -0.4 is 10.6 Å². The molecule has 0 aliphatic carbocycles. The Morgan fingerprint density at radius 2 is 1.97 bits per heavy atom. The van der Waals surface area contributed by atoms with Gasteiger partial charge in [-0.25, -0.2) is 9.97 Å². The van der Waals surface area contributed by atoms with E-state index in [1.807, 2.05) is 0 Å². The van der Waals surface area contributed by atoms with Crippen LogP contribution in [0.4, 0.5) is 19.1 Å². The van der Waals surface area contributed by atoms with E-state index in [1.54, 1.807) is 45.4 Å². The molecule has 0 saturated heterocycles. The number of rotatable bonds is 6. The topological polar surface area (TPSA) is 90.9 Å². The number of para-hydroxylation sites is 1. The third kappa shape index (κ3) is 4.61. The third-order valence-corrected chi connectivity index (χ3v) is 7.45. The molecule has 0 saturated carbocycles. The van der Waals surface area contributed by atoms with Gasteiger partial charge < -0.3 is 20.0 Å². The van der Waals surface area contributed by atoms with Crippen LogP contribution in [-0.4, -0.2) is 44.9 Å². The van der Waals surface area contributed by atoms with Crippen LogP contribution in [0.2, 0.25) is 0 Å². The molecule has 1 atom stereocenters. The zero-order valence-corrected chi connectivity index (χ0v) is 19.2. The second kappa shape index (κ2) is 8.15. The lowest BCUT2D eigenvalue weighted by Gasteiger charge is -2.31. The summed E-state index contributed by atoms with van der Waals surface area (Å²) in [6.07, 6.45) is -2.55. The van der Waals surface area contributed by atoms with E-state index in [-0.39, 0.29) is 29.7 Å². The predicted molar refractivity (Wildman–Crippen MR) is 121 cm³/mol. The normalized spacial score (nSPS) is 14.8. The van der Waals surface area contributed by atoms with E-state index < -0.39 is 23.8 Å². The molecule has 0 spiro atoms. The highest BCUT2D eigenvalue weighted by atomic mass is 32.1. The van der Waals surface area contributed by atoms with Crippen molar-refractivity contribution >= 4 is 41.9 Å². The molecule has 0 aliphatic rings. The Balaban J connectivity index is 2.23. The van der Waals surface area contributed by atoms with Crippen molar-refractivity contribution in [2.75, 3.05) is 25.3 Å². The summed E-state index contributed by atoms with van der Waals surface area (Å²) in [4.78, 5) is 9.80. The number of nitrogens with zero attached hydrogens (tertiary/aromatic N) is 2. The molecule has 1 aromatic carbocycles. The number of aliphatic hydroxyl groups excluding tert-OH is 1. The summed E-state index contributed by atoms with van der Waals surface area (Å²) in [5, 5.41) is 13.6. The summed E-state index contributed by atoms with van der Waals surface area (Å²) in [5.41, 5.74) is -0.610. The van der Waals surface area contributed by atoms with Crippen LogP contribution in [-0.2, 0) is 10.7 Å². The quantitative estimate of drug-likeness (QED) is 0.240. The SMILES string of the molecule is CC(C)[C@](S)(CO)Nc1ncc(C(F)(F)F)c(-c2c[nH]c3c(P(C)(C)=O)cccc23)n1. The van der Waals surface area contributed by atoms with Crippen molar-refractivity contribution in [1.29, 1.82) is 0 Å². The Morgan fingerprint density at radius 3 is 2.52 bits per heavy atom. The van der Waals surface area contributed by atoms with Crippen molar-refractivity contribution in [2.45, 2.75) is 24.9 Å². The number of aromatic nitrogens is 3. The van der Waals surface area contributed by atoms with Gasteiger partial charge in [0.15, 0.2) is 0 Å². The van der Waals surface area contributed by atoms with Gasteiger partial charge >= 0.3 is 6.18 Å². The number of halogens is 3. The summed E-state index contributed by atoms with van der Waals surface area (Å²) in [6, 6.07) is 5.01.